The number of aromatic nitrogens is 1. The van der Waals surface area contributed by atoms with Crippen LogP contribution in [0.4, 0.5) is 5.82 Å². The van der Waals surface area contributed by atoms with E-state index < -0.39 is 0 Å². The molecule has 0 radical (unpaired) electrons. The van der Waals surface area contributed by atoms with E-state index in [1.165, 1.54) is 0 Å². The molecule has 0 aliphatic carbocycles. The third-order valence-electron chi connectivity index (χ3n) is 2.16. The number of aryl methyl sites for hydroxylation is 1. The molecule has 1 rings (SSSR count). The summed E-state index contributed by atoms with van der Waals surface area (Å²) >= 11 is 3.49. The third-order valence-corrected chi connectivity index (χ3v) is 3.16. The van der Waals surface area contributed by atoms with Gasteiger partial charge in [0.25, 0.3) is 0 Å². The average molecular weight is 273 g/mol. The van der Waals surface area contributed by atoms with Crippen molar-refractivity contribution in [2.24, 2.45) is 0 Å². The highest BCUT2D eigenvalue weighted by Gasteiger charge is 2.09. The van der Waals surface area contributed by atoms with Gasteiger partial charge in [-0.3, -0.25) is 0 Å². The molecule has 0 amide bonds. The molecule has 0 fully saturated rings. The molecule has 2 atom stereocenters. The minimum atomic E-state index is -0.295. The number of aliphatic hydroxyl groups is 1. The quantitative estimate of drug-likeness (QED) is 0.886. The van der Waals surface area contributed by atoms with Crippen LogP contribution in [0.1, 0.15) is 25.8 Å². The van der Waals surface area contributed by atoms with Gasteiger partial charge in [0.1, 0.15) is 5.82 Å². The van der Waals surface area contributed by atoms with Crippen LogP contribution in [-0.4, -0.2) is 22.2 Å². The van der Waals surface area contributed by atoms with Crippen molar-refractivity contribution in [1.29, 1.82) is 0 Å². The van der Waals surface area contributed by atoms with E-state index in [1.807, 2.05) is 19.9 Å². The van der Waals surface area contributed by atoms with Crippen LogP contribution in [0.2, 0.25) is 0 Å². The first kappa shape index (κ1) is 12.5. The van der Waals surface area contributed by atoms with Crippen LogP contribution in [0, 0.1) is 6.92 Å². The van der Waals surface area contributed by atoms with Crippen molar-refractivity contribution in [3.63, 3.8) is 0 Å². The number of halogens is 1. The van der Waals surface area contributed by atoms with Crippen LogP contribution in [0.3, 0.4) is 0 Å². The second kappa shape index (κ2) is 5.47. The summed E-state index contributed by atoms with van der Waals surface area (Å²) in [5.41, 5.74) is 1.15. The van der Waals surface area contributed by atoms with Gasteiger partial charge in [-0.2, -0.15) is 0 Å². The van der Waals surface area contributed by atoms with Crippen LogP contribution >= 0.6 is 15.9 Å². The van der Waals surface area contributed by atoms with Crippen molar-refractivity contribution < 1.29 is 5.11 Å². The number of rotatable bonds is 4. The van der Waals surface area contributed by atoms with E-state index in [4.69, 9.17) is 0 Å². The maximum Gasteiger partial charge on any atom is 0.140 e. The number of nitrogens with zero attached hydrogens (tertiary/aromatic N) is 1. The van der Waals surface area contributed by atoms with Gasteiger partial charge in [0.05, 0.1) is 10.6 Å². The highest BCUT2D eigenvalue weighted by atomic mass is 79.9. The van der Waals surface area contributed by atoms with Gasteiger partial charge in [-0.15, -0.1) is 0 Å². The molecule has 0 bridgehead atoms. The number of hydrogen-bond acceptors (Lipinski definition) is 3. The lowest BCUT2D eigenvalue weighted by atomic mass is 10.1. The Kier molecular flexibility index (Phi) is 4.54. The first-order valence-electron chi connectivity index (χ1n) is 5.06. The molecule has 2 unspecified atom stereocenters. The lowest BCUT2D eigenvalue weighted by Gasteiger charge is -2.17. The first-order chi connectivity index (χ1) is 7.00. The third kappa shape index (κ3) is 3.80. The smallest absolute Gasteiger partial charge is 0.140 e. The van der Waals surface area contributed by atoms with Gasteiger partial charge in [0.15, 0.2) is 0 Å². The minimum absolute atomic E-state index is 0.204. The fraction of sp³-hybridized carbons (Fsp3) is 0.545. The second-order valence-electron chi connectivity index (χ2n) is 3.92. The Balaban J connectivity index is 2.68. The van der Waals surface area contributed by atoms with E-state index in [0.29, 0.717) is 6.42 Å². The Morgan fingerprint density at radius 2 is 2.20 bits per heavy atom. The Morgan fingerprint density at radius 3 is 2.80 bits per heavy atom. The largest absolute Gasteiger partial charge is 0.393 e. The topological polar surface area (TPSA) is 45.2 Å². The van der Waals surface area contributed by atoms with E-state index in [-0.39, 0.29) is 12.1 Å². The molecule has 0 aliphatic heterocycles. The molecule has 84 valence electrons. The average Bonchev–Trinajstić information content (AvgIpc) is 2.11. The Hall–Kier alpha value is -0.610. The summed E-state index contributed by atoms with van der Waals surface area (Å²) in [6.07, 6.45) is 2.19. The summed E-state index contributed by atoms with van der Waals surface area (Å²) in [6, 6.07) is 2.16. The van der Waals surface area contributed by atoms with E-state index >= 15 is 0 Å². The zero-order chi connectivity index (χ0) is 11.4. The van der Waals surface area contributed by atoms with Gasteiger partial charge >= 0.3 is 0 Å². The number of aliphatic hydroxyl groups excluding tert-OH is 1. The molecule has 4 heteroatoms. The SMILES string of the molecule is Cc1ccnc(NC(C)CC(C)O)c1Br. The van der Waals surface area contributed by atoms with Crippen molar-refractivity contribution in [3.8, 4) is 0 Å². The summed E-state index contributed by atoms with van der Waals surface area (Å²) in [5, 5.41) is 12.5. The second-order valence-corrected chi connectivity index (χ2v) is 4.71. The molecule has 2 N–H and O–H groups in total. The molecule has 0 aliphatic rings. The van der Waals surface area contributed by atoms with Gasteiger partial charge in [-0.25, -0.2) is 4.98 Å². The molecular weight excluding hydrogens is 256 g/mol. The summed E-state index contributed by atoms with van der Waals surface area (Å²) in [5.74, 6) is 0.836. The molecule has 1 aromatic rings. The van der Waals surface area contributed by atoms with Crippen LogP contribution in [0.25, 0.3) is 0 Å². The first-order valence-corrected chi connectivity index (χ1v) is 5.85. The fourth-order valence-corrected chi connectivity index (χ4v) is 1.79. The summed E-state index contributed by atoms with van der Waals surface area (Å²) in [7, 11) is 0. The Morgan fingerprint density at radius 1 is 1.53 bits per heavy atom. The van der Waals surface area contributed by atoms with Gasteiger partial charge in [-0.05, 0) is 54.8 Å². The maximum atomic E-state index is 9.25. The van der Waals surface area contributed by atoms with E-state index in [1.54, 1.807) is 13.1 Å². The van der Waals surface area contributed by atoms with E-state index in [9.17, 15) is 5.11 Å². The number of nitrogens with one attached hydrogen (secondary N) is 1. The van der Waals surface area contributed by atoms with Gasteiger partial charge < -0.3 is 10.4 Å². The van der Waals surface area contributed by atoms with E-state index in [2.05, 4.69) is 26.2 Å². The summed E-state index contributed by atoms with van der Waals surface area (Å²) in [6.45, 7) is 5.84. The molecule has 0 saturated heterocycles. The Labute approximate surface area is 99.1 Å². The van der Waals surface area contributed by atoms with Gasteiger partial charge in [0.2, 0.25) is 0 Å². The predicted molar refractivity (Wildman–Crippen MR) is 66.1 cm³/mol. The highest BCUT2D eigenvalue weighted by Crippen LogP contribution is 2.24. The lowest BCUT2D eigenvalue weighted by molar-refractivity contribution is 0.179. The van der Waals surface area contributed by atoms with Crippen LogP contribution in [-0.2, 0) is 0 Å². The normalized spacial score (nSPS) is 14.7. The molecule has 15 heavy (non-hydrogen) atoms. The highest BCUT2D eigenvalue weighted by molar-refractivity contribution is 9.10. The summed E-state index contributed by atoms with van der Waals surface area (Å²) in [4.78, 5) is 4.25. The van der Waals surface area contributed by atoms with Crippen molar-refractivity contribution in [2.45, 2.75) is 39.3 Å². The fourth-order valence-electron chi connectivity index (χ4n) is 1.44. The van der Waals surface area contributed by atoms with Crippen LogP contribution in [0.5, 0.6) is 0 Å². The van der Waals surface area contributed by atoms with Crippen LogP contribution in [0.15, 0.2) is 16.7 Å². The summed E-state index contributed by atoms with van der Waals surface area (Å²) < 4.78 is 0.988. The van der Waals surface area contributed by atoms with Gasteiger partial charge in [-0.1, -0.05) is 0 Å². The number of anilines is 1. The van der Waals surface area contributed by atoms with Crippen molar-refractivity contribution in [2.75, 3.05) is 5.32 Å². The monoisotopic (exact) mass is 272 g/mol. The zero-order valence-corrected chi connectivity index (χ0v) is 10.9. The Bertz CT molecular complexity index is 328. The molecule has 1 aromatic heterocycles. The minimum Gasteiger partial charge on any atom is -0.393 e. The molecule has 1 heterocycles. The molecule has 0 saturated carbocycles. The van der Waals surface area contributed by atoms with Crippen molar-refractivity contribution >= 4 is 21.7 Å². The maximum absolute atomic E-state index is 9.25. The predicted octanol–water partition coefficient (Wildman–Crippen LogP) is 2.72. The molecule has 0 aromatic carbocycles. The van der Waals surface area contributed by atoms with E-state index in [0.717, 1.165) is 15.9 Å². The zero-order valence-electron chi connectivity index (χ0n) is 9.29. The number of hydrogen-bond donors (Lipinski definition) is 2. The molecular formula is C11H17BrN2O. The van der Waals surface area contributed by atoms with Crippen molar-refractivity contribution in [3.05, 3.63) is 22.3 Å². The molecule has 3 nitrogen and oxygen atoms in total. The van der Waals surface area contributed by atoms with Gasteiger partial charge in [0, 0.05) is 12.2 Å². The standard InChI is InChI=1S/C11H17BrN2O/c1-7-4-5-13-11(10(7)12)14-8(2)6-9(3)15/h4-5,8-9,15H,6H2,1-3H3,(H,13,14). The number of pyridine rings is 1. The lowest BCUT2D eigenvalue weighted by Crippen LogP contribution is -2.21. The van der Waals surface area contributed by atoms with Crippen LogP contribution < -0.4 is 5.32 Å². The molecule has 0 spiro atoms. The van der Waals surface area contributed by atoms with Crippen molar-refractivity contribution in [1.82, 2.24) is 4.98 Å².